The van der Waals surface area contributed by atoms with Gasteiger partial charge in [0.1, 0.15) is 0 Å². The van der Waals surface area contributed by atoms with E-state index in [9.17, 15) is 0 Å². The molecule has 0 saturated heterocycles. The minimum absolute atomic E-state index is 0.906. The van der Waals surface area contributed by atoms with Crippen LogP contribution in [0.4, 0.5) is 0 Å². The van der Waals surface area contributed by atoms with Gasteiger partial charge in [0, 0.05) is 35.4 Å². The molecule has 0 radical (unpaired) electrons. The summed E-state index contributed by atoms with van der Waals surface area (Å²) in [4.78, 5) is 0. The van der Waals surface area contributed by atoms with Crippen molar-refractivity contribution in [3.63, 3.8) is 0 Å². The van der Waals surface area contributed by atoms with E-state index in [1.54, 1.807) is 21.3 Å². The highest BCUT2D eigenvalue weighted by molar-refractivity contribution is 6.82. The van der Waals surface area contributed by atoms with Crippen LogP contribution in [0.25, 0.3) is 0 Å². The van der Waals surface area contributed by atoms with Gasteiger partial charge in [0.25, 0.3) is 0 Å². The van der Waals surface area contributed by atoms with Gasteiger partial charge in [-0.15, -0.1) is 0 Å². The third-order valence-electron chi connectivity index (χ3n) is 4.23. The maximum absolute atomic E-state index is 6.29. The lowest BCUT2D eigenvalue weighted by Crippen LogP contribution is -2.43. The molecule has 0 N–H and O–H groups in total. The Hall–Kier alpha value is 0.708. The quantitative estimate of drug-likeness (QED) is 0.475. The summed E-state index contributed by atoms with van der Waals surface area (Å²) in [7, 11) is -0.819. The van der Waals surface area contributed by atoms with Crippen LogP contribution in [-0.2, 0) is 17.4 Å². The van der Waals surface area contributed by atoms with E-state index in [2.05, 4.69) is 39.3 Å². The highest BCUT2D eigenvalue weighted by Gasteiger charge is 2.38. The molecule has 0 aromatic heterocycles. The van der Waals surface area contributed by atoms with Gasteiger partial charge >= 0.3 is 8.80 Å². The van der Waals surface area contributed by atoms with Crippen LogP contribution in [0.15, 0.2) is 0 Å². The molecule has 0 amide bonds. The molecule has 0 fully saturated rings. The van der Waals surface area contributed by atoms with Crippen molar-refractivity contribution in [2.75, 3.05) is 21.3 Å². The van der Waals surface area contributed by atoms with Crippen LogP contribution >= 0.6 is 0 Å². The maximum Gasteiger partial charge on any atom is 0.500 e. The van der Waals surface area contributed by atoms with Crippen molar-refractivity contribution in [3.05, 3.63) is 0 Å². The molecule has 0 unspecified atom stereocenters. The summed E-state index contributed by atoms with van der Waals surface area (Å²) in [5, 5.41) is 0. The first-order valence-corrected chi connectivity index (χ1v) is 19.6. The second kappa shape index (κ2) is 9.87. The number of hydrogen-bond donors (Lipinski definition) is 0. The van der Waals surface area contributed by atoms with Crippen molar-refractivity contribution >= 4 is 34.2 Å². The fourth-order valence-corrected chi connectivity index (χ4v) is 17.0. The summed E-state index contributed by atoms with van der Waals surface area (Å²) in [6, 6.07) is 4.90. The third-order valence-corrected chi connectivity index (χ3v) is 16.8. The Labute approximate surface area is 143 Å². The monoisotopic (exact) mass is 382 g/mol. The van der Waals surface area contributed by atoms with Crippen molar-refractivity contribution in [1.29, 1.82) is 0 Å². The van der Waals surface area contributed by atoms with Crippen molar-refractivity contribution in [1.82, 2.24) is 0 Å². The van der Waals surface area contributed by atoms with Crippen LogP contribution in [0.2, 0.25) is 63.5 Å². The van der Waals surface area contributed by atoms with Crippen molar-refractivity contribution in [3.8, 4) is 0 Å². The zero-order valence-electron chi connectivity index (χ0n) is 16.2. The predicted molar refractivity (Wildman–Crippen MR) is 106 cm³/mol. The van der Waals surface area contributed by atoms with E-state index in [-0.39, 0.29) is 0 Å². The molecule has 0 aliphatic carbocycles. The molecular weight excluding hydrogens is 344 g/mol. The third kappa shape index (κ3) is 9.11. The average molecular weight is 383 g/mol. The van der Waals surface area contributed by atoms with Gasteiger partial charge < -0.3 is 17.4 Å². The smallest absolute Gasteiger partial charge is 0.458 e. The molecule has 0 aliphatic heterocycles. The minimum Gasteiger partial charge on any atom is -0.458 e. The van der Waals surface area contributed by atoms with Crippen molar-refractivity contribution in [2.24, 2.45) is 0 Å². The standard InChI is InChI=1S/C14H38O4Si4/c1-15-22(16-2,17-3)12-10-11-20(6,7)13-14-21(8,9)18-19(4)5/h19H,10-14H2,1-9H3. The van der Waals surface area contributed by atoms with Crippen LogP contribution < -0.4 is 0 Å². The number of hydrogen-bond acceptors (Lipinski definition) is 4. The molecule has 8 heteroatoms. The molecule has 0 aromatic carbocycles. The highest BCUT2D eigenvalue weighted by atomic mass is 28.4. The zero-order valence-corrected chi connectivity index (χ0v) is 20.4. The lowest BCUT2D eigenvalue weighted by atomic mass is 10.6. The van der Waals surface area contributed by atoms with Gasteiger partial charge in [-0.1, -0.05) is 31.6 Å². The van der Waals surface area contributed by atoms with Gasteiger partial charge in [0.05, 0.1) is 0 Å². The summed E-state index contributed by atoms with van der Waals surface area (Å²) < 4.78 is 22.8. The van der Waals surface area contributed by atoms with E-state index in [1.165, 1.54) is 18.1 Å². The largest absolute Gasteiger partial charge is 0.500 e. The SMILES string of the molecule is CO[Si](CCC[Si](C)(C)CC[Si](C)(C)O[SiH](C)C)(OC)OC. The van der Waals surface area contributed by atoms with Crippen molar-refractivity contribution < 1.29 is 17.4 Å². The Bertz CT molecular complexity index is 299. The maximum atomic E-state index is 6.29. The minimum atomic E-state index is -2.39. The first-order valence-electron chi connectivity index (χ1n) is 8.35. The molecule has 0 aliphatic rings. The van der Waals surface area contributed by atoms with Crippen LogP contribution in [0, 0.1) is 0 Å². The molecule has 0 saturated carbocycles. The molecule has 0 bridgehead atoms. The van der Waals surface area contributed by atoms with Crippen LogP contribution in [-0.4, -0.2) is 55.6 Å². The highest BCUT2D eigenvalue weighted by Crippen LogP contribution is 2.28. The zero-order chi connectivity index (χ0) is 17.4. The van der Waals surface area contributed by atoms with E-state index < -0.39 is 34.2 Å². The summed E-state index contributed by atoms with van der Waals surface area (Å²) in [6.07, 6.45) is 1.14. The Morgan fingerprint density at radius 3 is 1.64 bits per heavy atom. The molecule has 0 aromatic rings. The van der Waals surface area contributed by atoms with E-state index >= 15 is 0 Å². The summed E-state index contributed by atoms with van der Waals surface area (Å²) in [5.41, 5.74) is 0. The molecule has 22 heavy (non-hydrogen) atoms. The van der Waals surface area contributed by atoms with Crippen LogP contribution in [0.3, 0.4) is 0 Å². The molecule has 0 spiro atoms. The first-order chi connectivity index (χ1) is 10.0. The van der Waals surface area contributed by atoms with E-state index in [0.29, 0.717) is 0 Å². The fraction of sp³-hybridized carbons (Fsp3) is 1.00. The topological polar surface area (TPSA) is 36.9 Å². The lowest BCUT2D eigenvalue weighted by Gasteiger charge is -2.31. The number of rotatable bonds is 12. The van der Waals surface area contributed by atoms with Gasteiger partial charge in [0.2, 0.25) is 0 Å². The van der Waals surface area contributed by atoms with E-state index in [4.69, 9.17) is 17.4 Å². The Balaban J connectivity index is 4.30. The first kappa shape index (κ1) is 22.7. The van der Waals surface area contributed by atoms with Gasteiger partial charge in [-0.2, -0.15) is 0 Å². The predicted octanol–water partition coefficient (Wildman–Crippen LogP) is 4.17. The molecule has 0 rings (SSSR count). The lowest BCUT2D eigenvalue weighted by molar-refractivity contribution is 0.123. The Morgan fingerprint density at radius 1 is 0.727 bits per heavy atom. The van der Waals surface area contributed by atoms with Gasteiger partial charge in [-0.3, -0.25) is 0 Å². The van der Waals surface area contributed by atoms with Crippen LogP contribution in [0.1, 0.15) is 6.42 Å². The van der Waals surface area contributed by atoms with Gasteiger partial charge in [-0.25, -0.2) is 0 Å². The Kier molecular flexibility index (Phi) is 10.2. The normalized spacial score (nSPS) is 13.9. The summed E-state index contributed by atoms with van der Waals surface area (Å²) >= 11 is 0. The second-order valence-electron chi connectivity index (χ2n) is 7.74. The molecule has 4 nitrogen and oxygen atoms in total. The molecule has 0 heterocycles. The van der Waals surface area contributed by atoms with Crippen LogP contribution in [0.5, 0.6) is 0 Å². The van der Waals surface area contributed by atoms with Gasteiger partial charge in [0.15, 0.2) is 17.4 Å². The molecule has 134 valence electrons. The summed E-state index contributed by atoms with van der Waals surface area (Å²) in [6.45, 7) is 14.3. The van der Waals surface area contributed by atoms with E-state index in [1.807, 2.05) is 0 Å². The summed E-state index contributed by atoms with van der Waals surface area (Å²) in [5.74, 6) is 0. The van der Waals surface area contributed by atoms with Gasteiger partial charge in [-0.05, 0) is 32.2 Å². The second-order valence-corrected chi connectivity index (χ2v) is 23.2. The fourth-order valence-electron chi connectivity index (χ4n) is 2.80. The van der Waals surface area contributed by atoms with E-state index in [0.717, 1.165) is 12.5 Å². The molecule has 0 atom stereocenters. The Morgan fingerprint density at radius 2 is 1.23 bits per heavy atom. The van der Waals surface area contributed by atoms with Crippen molar-refractivity contribution in [2.45, 2.75) is 69.9 Å². The molecular formula is C14H38O4Si4. The average Bonchev–Trinajstić information content (AvgIpc) is 2.41.